The van der Waals surface area contributed by atoms with E-state index < -0.39 is 34.9 Å². The van der Waals surface area contributed by atoms with Gasteiger partial charge < -0.3 is 10.6 Å². The molecule has 5 rings (SSSR count). The van der Waals surface area contributed by atoms with Crippen molar-refractivity contribution in [2.75, 3.05) is 18.4 Å². The van der Waals surface area contributed by atoms with E-state index in [-0.39, 0.29) is 23.1 Å². The lowest BCUT2D eigenvalue weighted by atomic mass is 9.93. The van der Waals surface area contributed by atoms with E-state index in [0.29, 0.717) is 23.2 Å². The van der Waals surface area contributed by atoms with Crippen molar-refractivity contribution in [1.82, 2.24) is 15.5 Å². The van der Waals surface area contributed by atoms with Gasteiger partial charge in [0, 0.05) is 35.2 Å². The summed E-state index contributed by atoms with van der Waals surface area (Å²) in [5.41, 5.74) is -0.356. The summed E-state index contributed by atoms with van der Waals surface area (Å²) in [5, 5.41) is 12.7. The molecule has 2 aromatic carbocycles. The fourth-order valence-electron chi connectivity index (χ4n) is 3.89. The molecule has 3 heterocycles. The SMILES string of the molecule is C1CCNCC1.O=c1[nH]nc2c3c(cc(F)cc13)NC(c1c(F)cc(F)cc1F)C2. The van der Waals surface area contributed by atoms with Gasteiger partial charge in [-0.1, -0.05) is 6.42 Å². The highest BCUT2D eigenvalue weighted by molar-refractivity contribution is 5.96. The summed E-state index contributed by atoms with van der Waals surface area (Å²) >= 11 is 0. The number of aromatic nitrogens is 2. The lowest BCUT2D eigenvalue weighted by Crippen LogP contribution is -2.24. The van der Waals surface area contributed by atoms with Crippen molar-refractivity contribution in [3.05, 3.63) is 69.1 Å². The minimum atomic E-state index is -1.05. The van der Waals surface area contributed by atoms with Gasteiger partial charge in [-0.15, -0.1) is 0 Å². The molecule has 3 N–H and O–H groups in total. The maximum atomic E-state index is 14.0. The van der Waals surface area contributed by atoms with E-state index in [1.165, 1.54) is 32.4 Å². The molecule has 0 amide bonds. The largest absolute Gasteiger partial charge is 0.377 e. The number of rotatable bonds is 1. The second-order valence-corrected chi connectivity index (χ2v) is 7.37. The van der Waals surface area contributed by atoms with Gasteiger partial charge in [-0.3, -0.25) is 4.79 Å². The highest BCUT2D eigenvalue weighted by Crippen LogP contribution is 2.37. The molecule has 30 heavy (non-hydrogen) atoms. The van der Waals surface area contributed by atoms with Gasteiger partial charge in [-0.05, 0) is 38.1 Å². The molecule has 1 saturated heterocycles. The summed E-state index contributed by atoms with van der Waals surface area (Å²) in [7, 11) is 0. The van der Waals surface area contributed by atoms with Crippen LogP contribution < -0.4 is 16.2 Å². The van der Waals surface area contributed by atoms with E-state index in [1.807, 2.05) is 0 Å². The topological polar surface area (TPSA) is 69.8 Å². The summed E-state index contributed by atoms with van der Waals surface area (Å²) in [5.74, 6) is -3.80. The van der Waals surface area contributed by atoms with Crippen LogP contribution in [0.25, 0.3) is 10.8 Å². The Kier molecular flexibility index (Phi) is 5.72. The molecule has 1 atom stereocenters. The van der Waals surface area contributed by atoms with Crippen LogP contribution in [0.3, 0.4) is 0 Å². The molecule has 0 spiro atoms. The molecule has 1 fully saturated rings. The van der Waals surface area contributed by atoms with Gasteiger partial charge in [-0.25, -0.2) is 22.7 Å². The maximum absolute atomic E-state index is 14.0. The molecule has 1 aromatic heterocycles. The zero-order valence-electron chi connectivity index (χ0n) is 16.0. The van der Waals surface area contributed by atoms with Gasteiger partial charge in [0.15, 0.2) is 0 Å². The van der Waals surface area contributed by atoms with Crippen molar-refractivity contribution in [2.24, 2.45) is 0 Å². The Balaban J connectivity index is 0.000000313. The fourth-order valence-corrected chi connectivity index (χ4v) is 3.89. The summed E-state index contributed by atoms with van der Waals surface area (Å²) in [4.78, 5) is 11.8. The van der Waals surface area contributed by atoms with Crippen LogP contribution in [0.1, 0.15) is 36.6 Å². The predicted octanol–water partition coefficient (Wildman–Crippen LogP) is 3.95. The highest BCUT2D eigenvalue weighted by Gasteiger charge is 2.28. The monoisotopic (exact) mass is 420 g/mol. The molecule has 0 bridgehead atoms. The summed E-state index contributed by atoms with van der Waals surface area (Å²) in [6.07, 6.45) is 4.26. The number of aromatic amines is 1. The van der Waals surface area contributed by atoms with E-state index in [2.05, 4.69) is 20.8 Å². The van der Waals surface area contributed by atoms with Gasteiger partial charge >= 0.3 is 0 Å². The predicted molar refractivity (Wildman–Crippen MR) is 105 cm³/mol. The van der Waals surface area contributed by atoms with Gasteiger partial charge in [0.25, 0.3) is 5.56 Å². The second kappa shape index (κ2) is 8.43. The first-order valence-electron chi connectivity index (χ1n) is 9.76. The number of hydrogen-bond acceptors (Lipinski definition) is 4. The normalized spacial score (nSPS) is 17.8. The van der Waals surface area contributed by atoms with Gasteiger partial charge in [0.1, 0.15) is 23.3 Å². The zero-order valence-corrected chi connectivity index (χ0v) is 16.0. The Hall–Kier alpha value is -2.94. The Morgan fingerprint density at radius 3 is 2.17 bits per heavy atom. The quantitative estimate of drug-likeness (QED) is 0.522. The smallest absolute Gasteiger partial charge is 0.272 e. The van der Waals surface area contributed by atoms with Crippen LogP contribution in [-0.2, 0) is 6.42 Å². The standard InChI is InChI=1S/C16H9F4N3O.C5H11N/c17-6-1-8-14-11(4-6)21-12(5-13(14)22-23-16(8)24)15-9(19)2-7(18)3-10(15)20;1-2-4-6-5-3-1/h1-4,12,21H,5H2,(H,23,24);6H,1-5H2. The van der Waals surface area contributed by atoms with Crippen LogP contribution in [0, 0.1) is 23.3 Å². The van der Waals surface area contributed by atoms with Crippen molar-refractivity contribution in [1.29, 1.82) is 0 Å². The third kappa shape index (κ3) is 4.02. The number of nitrogens with zero attached hydrogens (tertiary/aromatic N) is 1. The van der Waals surface area contributed by atoms with Crippen LogP contribution in [0.4, 0.5) is 23.2 Å². The van der Waals surface area contributed by atoms with Crippen molar-refractivity contribution in [3.8, 4) is 0 Å². The molecule has 9 heteroatoms. The minimum Gasteiger partial charge on any atom is -0.377 e. The van der Waals surface area contributed by atoms with Gasteiger partial charge in [-0.2, -0.15) is 5.10 Å². The molecule has 1 unspecified atom stereocenters. The van der Waals surface area contributed by atoms with Crippen LogP contribution in [0.15, 0.2) is 29.1 Å². The van der Waals surface area contributed by atoms with Gasteiger partial charge in [0.2, 0.25) is 0 Å². The van der Waals surface area contributed by atoms with E-state index in [9.17, 15) is 22.4 Å². The maximum Gasteiger partial charge on any atom is 0.272 e. The summed E-state index contributed by atoms with van der Waals surface area (Å²) in [6.45, 7) is 2.50. The molecule has 0 saturated carbocycles. The molecule has 5 nitrogen and oxygen atoms in total. The first-order chi connectivity index (χ1) is 14.4. The van der Waals surface area contributed by atoms with Crippen LogP contribution >= 0.6 is 0 Å². The number of piperidine rings is 1. The highest BCUT2D eigenvalue weighted by atomic mass is 19.1. The van der Waals surface area contributed by atoms with Crippen molar-refractivity contribution >= 4 is 16.5 Å². The molecular formula is C21H20F4N4O. The molecule has 2 aliphatic heterocycles. The lowest BCUT2D eigenvalue weighted by Gasteiger charge is -2.27. The minimum absolute atomic E-state index is 0.0470. The fraction of sp³-hybridized carbons (Fsp3) is 0.333. The van der Waals surface area contributed by atoms with Gasteiger partial charge in [0.05, 0.1) is 17.1 Å². The first kappa shape index (κ1) is 20.3. The second-order valence-electron chi connectivity index (χ2n) is 7.37. The first-order valence-corrected chi connectivity index (χ1v) is 9.76. The Morgan fingerprint density at radius 1 is 0.900 bits per heavy atom. The number of nitrogens with one attached hydrogen (secondary N) is 3. The molecule has 158 valence electrons. The van der Waals surface area contributed by atoms with E-state index >= 15 is 0 Å². The van der Waals surface area contributed by atoms with Crippen molar-refractivity contribution in [3.63, 3.8) is 0 Å². The van der Waals surface area contributed by atoms with Crippen LogP contribution in [0.5, 0.6) is 0 Å². The number of H-pyrrole nitrogens is 1. The van der Waals surface area contributed by atoms with Crippen molar-refractivity contribution in [2.45, 2.75) is 31.7 Å². The Labute approximate surface area is 169 Å². The molecule has 2 aliphatic rings. The van der Waals surface area contributed by atoms with Crippen LogP contribution in [0.2, 0.25) is 0 Å². The Morgan fingerprint density at radius 2 is 1.57 bits per heavy atom. The lowest BCUT2D eigenvalue weighted by molar-refractivity contribution is 0.507. The van der Waals surface area contributed by atoms with E-state index in [0.717, 1.165) is 12.1 Å². The van der Waals surface area contributed by atoms with Crippen LogP contribution in [-0.4, -0.2) is 23.3 Å². The average molecular weight is 420 g/mol. The van der Waals surface area contributed by atoms with E-state index in [1.54, 1.807) is 0 Å². The number of hydrogen-bond donors (Lipinski definition) is 3. The average Bonchev–Trinajstić information content (AvgIpc) is 2.71. The zero-order chi connectivity index (χ0) is 21.3. The molecule has 0 radical (unpaired) electrons. The number of benzene rings is 2. The third-order valence-corrected chi connectivity index (χ3v) is 5.26. The summed E-state index contributed by atoms with van der Waals surface area (Å²) in [6, 6.07) is 2.44. The number of halogens is 4. The third-order valence-electron chi connectivity index (χ3n) is 5.26. The van der Waals surface area contributed by atoms with Crippen molar-refractivity contribution < 1.29 is 17.6 Å². The molecular weight excluding hydrogens is 400 g/mol. The number of anilines is 1. The molecule has 0 aliphatic carbocycles. The molecule has 3 aromatic rings. The van der Waals surface area contributed by atoms with E-state index in [4.69, 9.17) is 0 Å². The Bertz CT molecular complexity index is 1110. The summed E-state index contributed by atoms with van der Waals surface area (Å²) < 4.78 is 54.9.